The van der Waals surface area contributed by atoms with Crippen LogP contribution in [0, 0.1) is 11.6 Å². The lowest BCUT2D eigenvalue weighted by Gasteiger charge is -2.09. The van der Waals surface area contributed by atoms with E-state index in [4.69, 9.17) is 5.73 Å². The summed E-state index contributed by atoms with van der Waals surface area (Å²) in [7, 11) is 0. The third-order valence-electron chi connectivity index (χ3n) is 3.03. The second-order valence-electron chi connectivity index (χ2n) is 4.34. The molecule has 0 aliphatic heterocycles. The Balaban J connectivity index is 2.36. The summed E-state index contributed by atoms with van der Waals surface area (Å²) in [5.41, 5.74) is 7.26. The molecule has 0 aliphatic carbocycles. The van der Waals surface area contributed by atoms with Crippen LogP contribution in [-0.4, -0.2) is 4.98 Å². The van der Waals surface area contributed by atoms with Crippen molar-refractivity contribution in [3.63, 3.8) is 0 Å². The number of benzene rings is 2. The normalized spacial score (nSPS) is 10.9. The predicted octanol–water partition coefficient (Wildman–Crippen LogP) is 4.52. The monoisotopic (exact) mass is 334 g/mol. The number of rotatable bonds is 1. The van der Waals surface area contributed by atoms with Crippen LogP contribution in [0.4, 0.5) is 14.5 Å². The second kappa shape index (κ2) is 4.83. The van der Waals surface area contributed by atoms with E-state index in [1.807, 2.05) is 30.3 Å². The third kappa shape index (κ3) is 2.04. The maximum Gasteiger partial charge on any atom is 0.150 e. The molecule has 0 unspecified atom stereocenters. The molecule has 0 aliphatic rings. The van der Waals surface area contributed by atoms with E-state index in [0.717, 1.165) is 11.6 Å². The Morgan fingerprint density at radius 1 is 1.05 bits per heavy atom. The van der Waals surface area contributed by atoms with E-state index in [1.54, 1.807) is 6.07 Å². The Morgan fingerprint density at radius 2 is 1.75 bits per heavy atom. The third-order valence-corrected chi connectivity index (χ3v) is 3.61. The van der Waals surface area contributed by atoms with Crippen LogP contribution in [0.5, 0.6) is 0 Å². The quantitative estimate of drug-likeness (QED) is 0.664. The van der Waals surface area contributed by atoms with Gasteiger partial charge in [0, 0.05) is 11.3 Å². The largest absolute Gasteiger partial charge is 0.398 e. The van der Waals surface area contributed by atoms with Crippen LogP contribution in [0.15, 0.2) is 46.9 Å². The first-order chi connectivity index (χ1) is 9.58. The van der Waals surface area contributed by atoms with E-state index in [-0.39, 0.29) is 21.1 Å². The van der Waals surface area contributed by atoms with Gasteiger partial charge in [-0.05, 0) is 28.1 Å². The fourth-order valence-electron chi connectivity index (χ4n) is 2.09. The van der Waals surface area contributed by atoms with Crippen molar-refractivity contribution in [2.45, 2.75) is 0 Å². The molecule has 2 nitrogen and oxygen atoms in total. The molecule has 1 aromatic heterocycles. The molecule has 0 saturated heterocycles. The molecule has 0 atom stereocenters. The van der Waals surface area contributed by atoms with Crippen molar-refractivity contribution >= 4 is 32.5 Å². The topological polar surface area (TPSA) is 38.9 Å². The van der Waals surface area contributed by atoms with Gasteiger partial charge in [-0.2, -0.15) is 0 Å². The van der Waals surface area contributed by atoms with E-state index in [2.05, 4.69) is 20.9 Å². The van der Waals surface area contributed by atoms with Crippen LogP contribution in [0.3, 0.4) is 0 Å². The van der Waals surface area contributed by atoms with E-state index >= 15 is 0 Å². The number of anilines is 1. The van der Waals surface area contributed by atoms with Gasteiger partial charge in [0.2, 0.25) is 0 Å². The summed E-state index contributed by atoms with van der Waals surface area (Å²) in [6.07, 6.45) is 0. The van der Waals surface area contributed by atoms with Crippen LogP contribution in [0.1, 0.15) is 0 Å². The predicted molar refractivity (Wildman–Crippen MR) is 79.2 cm³/mol. The van der Waals surface area contributed by atoms with Crippen molar-refractivity contribution in [1.29, 1.82) is 0 Å². The van der Waals surface area contributed by atoms with Crippen molar-refractivity contribution in [2.75, 3.05) is 5.73 Å². The number of nitrogens with zero attached hydrogens (tertiary/aromatic N) is 1. The molecule has 0 saturated carbocycles. The van der Waals surface area contributed by atoms with Crippen LogP contribution < -0.4 is 5.73 Å². The van der Waals surface area contributed by atoms with E-state index < -0.39 is 11.6 Å². The fourth-order valence-corrected chi connectivity index (χ4v) is 2.49. The Hall–Kier alpha value is -2.01. The molecule has 0 amide bonds. The van der Waals surface area contributed by atoms with Crippen molar-refractivity contribution in [3.05, 3.63) is 58.6 Å². The summed E-state index contributed by atoms with van der Waals surface area (Å²) in [6.45, 7) is 0. The Bertz CT molecular complexity index is 804. The van der Waals surface area contributed by atoms with E-state index in [9.17, 15) is 8.78 Å². The van der Waals surface area contributed by atoms with Crippen molar-refractivity contribution in [1.82, 2.24) is 4.98 Å². The van der Waals surface area contributed by atoms with Gasteiger partial charge in [0.05, 0.1) is 15.6 Å². The zero-order valence-electron chi connectivity index (χ0n) is 10.2. The first-order valence-electron chi connectivity index (χ1n) is 5.87. The molecular weight excluding hydrogens is 326 g/mol. The molecule has 3 rings (SSSR count). The minimum absolute atomic E-state index is 0.00319. The van der Waals surface area contributed by atoms with Gasteiger partial charge in [-0.15, -0.1) is 0 Å². The second-order valence-corrected chi connectivity index (χ2v) is 5.19. The fraction of sp³-hybridized carbons (Fsp3) is 0. The minimum Gasteiger partial charge on any atom is -0.398 e. The zero-order chi connectivity index (χ0) is 14.3. The lowest BCUT2D eigenvalue weighted by molar-refractivity contribution is 0.610. The van der Waals surface area contributed by atoms with E-state index in [0.29, 0.717) is 5.69 Å². The maximum atomic E-state index is 14.0. The number of halogens is 3. The van der Waals surface area contributed by atoms with Crippen LogP contribution >= 0.6 is 15.9 Å². The lowest BCUT2D eigenvalue weighted by atomic mass is 10.1. The molecule has 0 fully saturated rings. The summed E-state index contributed by atoms with van der Waals surface area (Å²) in [4.78, 5) is 4.19. The molecule has 100 valence electrons. The number of nitrogens with two attached hydrogens (primary N) is 1. The number of nitrogen functional groups attached to an aromatic ring is 1. The van der Waals surface area contributed by atoms with Crippen LogP contribution in [0.2, 0.25) is 0 Å². The van der Waals surface area contributed by atoms with Gasteiger partial charge in [0.25, 0.3) is 0 Å². The molecular formula is C15H9BrF2N2. The molecule has 0 bridgehead atoms. The maximum absolute atomic E-state index is 14.0. The number of hydrogen-bond donors (Lipinski definition) is 1. The molecule has 5 heteroatoms. The minimum atomic E-state index is -0.613. The van der Waals surface area contributed by atoms with Crippen LogP contribution in [0.25, 0.3) is 22.2 Å². The molecule has 20 heavy (non-hydrogen) atoms. The molecule has 2 N–H and O–H groups in total. The Morgan fingerprint density at radius 3 is 2.45 bits per heavy atom. The van der Waals surface area contributed by atoms with Gasteiger partial charge in [0.1, 0.15) is 11.3 Å². The molecule has 1 heterocycles. The number of aromatic nitrogens is 1. The molecule has 0 radical (unpaired) electrons. The summed E-state index contributed by atoms with van der Waals surface area (Å²) in [5.74, 6) is -1.22. The zero-order valence-corrected chi connectivity index (χ0v) is 11.8. The molecule has 2 aromatic carbocycles. The van der Waals surface area contributed by atoms with Gasteiger partial charge in [-0.25, -0.2) is 13.8 Å². The van der Waals surface area contributed by atoms with Crippen molar-refractivity contribution in [3.8, 4) is 11.3 Å². The van der Waals surface area contributed by atoms with Crippen molar-refractivity contribution in [2.24, 2.45) is 0 Å². The number of pyridine rings is 1. The van der Waals surface area contributed by atoms with E-state index in [1.165, 1.54) is 0 Å². The average molecular weight is 335 g/mol. The first kappa shape index (κ1) is 13.0. The standard InChI is InChI=1S/C15H9BrF2N2/c16-9-6-10(17)15-13(14(9)18)11(19)7-12(20-15)8-4-2-1-3-5-8/h1-7H,(H2,19,20). The lowest BCUT2D eigenvalue weighted by Crippen LogP contribution is -1.98. The molecule has 0 spiro atoms. The average Bonchev–Trinajstić information content (AvgIpc) is 2.45. The smallest absolute Gasteiger partial charge is 0.150 e. The summed E-state index contributed by atoms with van der Waals surface area (Å²) in [5, 5.41) is -0.00319. The van der Waals surface area contributed by atoms with Crippen LogP contribution in [-0.2, 0) is 0 Å². The van der Waals surface area contributed by atoms with Gasteiger partial charge >= 0.3 is 0 Å². The summed E-state index contributed by atoms with van der Waals surface area (Å²) < 4.78 is 28.1. The highest BCUT2D eigenvalue weighted by Gasteiger charge is 2.16. The van der Waals surface area contributed by atoms with Gasteiger partial charge in [0.15, 0.2) is 5.82 Å². The first-order valence-corrected chi connectivity index (χ1v) is 6.66. The van der Waals surface area contributed by atoms with Gasteiger partial charge in [-0.1, -0.05) is 30.3 Å². The number of hydrogen-bond acceptors (Lipinski definition) is 2. The highest BCUT2D eigenvalue weighted by atomic mass is 79.9. The summed E-state index contributed by atoms with van der Waals surface area (Å²) >= 11 is 2.97. The Kier molecular flexibility index (Phi) is 3.14. The highest BCUT2D eigenvalue weighted by molar-refractivity contribution is 9.10. The number of fused-ring (bicyclic) bond motifs is 1. The summed E-state index contributed by atoms with van der Waals surface area (Å²) in [6, 6.07) is 11.8. The Labute approximate surface area is 122 Å². The highest BCUT2D eigenvalue weighted by Crippen LogP contribution is 2.33. The SMILES string of the molecule is Nc1cc(-c2ccccc2)nc2c(F)cc(Br)c(F)c12. The molecule has 3 aromatic rings. The van der Waals surface area contributed by atoms with Gasteiger partial charge in [-0.3, -0.25) is 0 Å². The van der Waals surface area contributed by atoms with Crippen molar-refractivity contribution < 1.29 is 8.78 Å². The van der Waals surface area contributed by atoms with Gasteiger partial charge < -0.3 is 5.73 Å².